The second kappa shape index (κ2) is 8.20. The first-order chi connectivity index (χ1) is 10.3. The normalized spacial score (nSPS) is 10.2. The molecule has 0 bridgehead atoms. The number of para-hydroxylation sites is 2. The summed E-state index contributed by atoms with van der Waals surface area (Å²) in [6.07, 6.45) is 2.32. The molecule has 0 radical (unpaired) electrons. The molecule has 21 heavy (non-hydrogen) atoms. The van der Waals surface area contributed by atoms with Crippen molar-refractivity contribution in [1.82, 2.24) is 0 Å². The van der Waals surface area contributed by atoms with Crippen LogP contribution >= 0.6 is 0 Å². The molecule has 0 aromatic heterocycles. The van der Waals surface area contributed by atoms with Crippen molar-refractivity contribution in [3.05, 3.63) is 54.1 Å². The standard InChI is InChI=1S/C18H23NO2/c1-3-6-15-9-11-16(12-10-15)19-13-14-21-18-8-5-4-7-17(18)20-2/h4-5,7-12,19H,3,6,13-14H2,1-2H3. The Morgan fingerprint density at radius 3 is 2.33 bits per heavy atom. The third kappa shape index (κ3) is 4.71. The molecule has 3 heteroatoms. The SMILES string of the molecule is CCCc1ccc(NCCOc2ccccc2OC)cc1. The number of aryl methyl sites for hydroxylation is 1. The van der Waals surface area contributed by atoms with E-state index in [4.69, 9.17) is 9.47 Å². The highest BCUT2D eigenvalue weighted by Crippen LogP contribution is 2.25. The minimum Gasteiger partial charge on any atom is -0.493 e. The maximum absolute atomic E-state index is 5.72. The molecule has 3 nitrogen and oxygen atoms in total. The van der Waals surface area contributed by atoms with Crippen LogP contribution in [0.15, 0.2) is 48.5 Å². The van der Waals surface area contributed by atoms with Gasteiger partial charge in [-0.3, -0.25) is 0 Å². The molecule has 0 saturated heterocycles. The van der Waals surface area contributed by atoms with Crippen LogP contribution < -0.4 is 14.8 Å². The van der Waals surface area contributed by atoms with Gasteiger partial charge in [0, 0.05) is 12.2 Å². The number of anilines is 1. The van der Waals surface area contributed by atoms with Crippen LogP contribution in [-0.4, -0.2) is 20.3 Å². The zero-order valence-corrected chi connectivity index (χ0v) is 12.8. The lowest BCUT2D eigenvalue weighted by atomic mass is 10.1. The second-order valence-corrected chi connectivity index (χ2v) is 4.87. The van der Waals surface area contributed by atoms with Crippen LogP contribution in [0, 0.1) is 0 Å². The van der Waals surface area contributed by atoms with Crippen LogP contribution in [0.2, 0.25) is 0 Å². The lowest BCUT2D eigenvalue weighted by molar-refractivity contribution is 0.306. The van der Waals surface area contributed by atoms with Gasteiger partial charge in [-0.25, -0.2) is 0 Å². The van der Waals surface area contributed by atoms with E-state index in [9.17, 15) is 0 Å². The molecule has 0 aliphatic carbocycles. The maximum Gasteiger partial charge on any atom is 0.161 e. The van der Waals surface area contributed by atoms with E-state index in [0.717, 1.165) is 30.2 Å². The average Bonchev–Trinajstić information content (AvgIpc) is 2.54. The molecule has 2 aromatic rings. The summed E-state index contributed by atoms with van der Waals surface area (Å²) in [5.74, 6) is 1.54. The molecule has 0 unspecified atom stereocenters. The molecule has 0 aliphatic heterocycles. The minimum atomic E-state index is 0.594. The van der Waals surface area contributed by atoms with Gasteiger partial charge in [0.15, 0.2) is 11.5 Å². The Morgan fingerprint density at radius 2 is 1.67 bits per heavy atom. The monoisotopic (exact) mass is 285 g/mol. The molecule has 0 aliphatic rings. The number of rotatable bonds is 8. The summed E-state index contributed by atoms with van der Waals surface area (Å²) in [6.45, 7) is 3.55. The van der Waals surface area contributed by atoms with E-state index >= 15 is 0 Å². The molecule has 0 saturated carbocycles. The lowest BCUT2D eigenvalue weighted by Gasteiger charge is -2.11. The maximum atomic E-state index is 5.72. The Morgan fingerprint density at radius 1 is 0.952 bits per heavy atom. The van der Waals surface area contributed by atoms with Crippen molar-refractivity contribution >= 4 is 5.69 Å². The first-order valence-corrected chi connectivity index (χ1v) is 7.42. The summed E-state index contributed by atoms with van der Waals surface area (Å²) >= 11 is 0. The van der Waals surface area contributed by atoms with Crippen molar-refractivity contribution in [2.24, 2.45) is 0 Å². The van der Waals surface area contributed by atoms with Gasteiger partial charge in [0.05, 0.1) is 7.11 Å². The van der Waals surface area contributed by atoms with E-state index in [-0.39, 0.29) is 0 Å². The highest BCUT2D eigenvalue weighted by molar-refractivity contribution is 5.44. The van der Waals surface area contributed by atoms with Gasteiger partial charge in [-0.2, -0.15) is 0 Å². The summed E-state index contributed by atoms with van der Waals surface area (Å²) in [6, 6.07) is 16.3. The van der Waals surface area contributed by atoms with E-state index < -0.39 is 0 Å². The molecule has 1 N–H and O–H groups in total. The van der Waals surface area contributed by atoms with E-state index in [0.29, 0.717) is 6.61 Å². The molecule has 112 valence electrons. The predicted octanol–water partition coefficient (Wildman–Crippen LogP) is 4.14. The topological polar surface area (TPSA) is 30.5 Å². The van der Waals surface area contributed by atoms with Crippen molar-refractivity contribution in [3.63, 3.8) is 0 Å². The number of ether oxygens (including phenoxy) is 2. The van der Waals surface area contributed by atoms with Gasteiger partial charge >= 0.3 is 0 Å². The smallest absolute Gasteiger partial charge is 0.161 e. The Labute approximate surface area is 126 Å². The van der Waals surface area contributed by atoms with Crippen LogP contribution in [0.25, 0.3) is 0 Å². The summed E-state index contributed by atoms with van der Waals surface area (Å²) in [5.41, 5.74) is 2.51. The summed E-state index contributed by atoms with van der Waals surface area (Å²) in [7, 11) is 1.65. The van der Waals surface area contributed by atoms with Gasteiger partial charge in [0.1, 0.15) is 6.61 Å². The number of hydrogen-bond acceptors (Lipinski definition) is 3. The Bertz CT molecular complexity index is 537. The first-order valence-electron chi connectivity index (χ1n) is 7.42. The lowest BCUT2D eigenvalue weighted by Crippen LogP contribution is -2.11. The average molecular weight is 285 g/mol. The van der Waals surface area contributed by atoms with Gasteiger partial charge < -0.3 is 14.8 Å². The van der Waals surface area contributed by atoms with Crippen LogP contribution in [-0.2, 0) is 6.42 Å². The third-order valence-corrected chi connectivity index (χ3v) is 3.25. The largest absolute Gasteiger partial charge is 0.493 e. The van der Waals surface area contributed by atoms with Crippen molar-refractivity contribution < 1.29 is 9.47 Å². The van der Waals surface area contributed by atoms with Gasteiger partial charge in [0.2, 0.25) is 0 Å². The summed E-state index contributed by atoms with van der Waals surface area (Å²) in [5, 5.41) is 3.36. The number of hydrogen-bond donors (Lipinski definition) is 1. The Balaban J connectivity index is 1.76. The molecule has 0 heterocycles. The van der Waals surface area contributed by atoms with Crippen LogP contribution in [0.3, 0.4) is 0 Å². The summed E-state index contributed by atoms with van der Waals surface area (Å²) in [4.78, 5) is 0. The highest BCUT2D eigenvalue weighted by atomic mass is 16.5. The number of benzene rings is 2. The van der Waals surface area contributed by atoms with E-state index in [1.807, 2.05) is 24.3 Å². The Kier molecular flexibility index (Phi) is 5.95. The van der Waals surface area contributed by atoms with Crippen molar-refractivity contribution in [2.45, 2.75) is 19.8 Å². The van der Waals surface area contributed by atoms with E-state index in [2.05, 4.69) is 36.5 Å². The molecule has 2 aromatic carbocycles. The fourth-order valence-corrected chi connectivity index (χ4v) is 2.17. The molecule has 0 amide bonds. The fraction of sp³-hybridized carbons (Fsp3) is 0.333. The minimum absolute atomic E-state index is 0.594. The molecule has 2 rings (SSSR count). The van der Waals surface area contributed by atoms with Crippen LogP contribution in [0.5, 0.6) is 11.5 Å². The number of nitrogens with one attached hydrogen (secondary N) is 1. The molecular weight excluding hydrogens is 262 g/mol. The molecular formula is C18H23NO2. The fourth-order valence-electron chi connectivity index (χ4n) is 2.17. The van der Waals surface area contributed by atoms with Gasteiger partial charge in [-0.1, -0.05) is 37.6 Å². The first kappa shape index (κ1) is 15.2. The van der Waals surface area contributed by atoms with Gasteiger partial charge in [-0.05, 0) is 36.2 Å². The van der Waals surface area contributed by atoms with Crippen LogP contribution in [0.4, 0.5) is 5.69 Å². The van der Waals surface area contributed by atoms with Gasteiger partial charge in [0.25, 0.3) is 0 Å². The molecule has 0 fully saturated rings. The second-order valence-electron chi connectivity index (χ2n) is 4.87. The number of methoxy groups -OCH3 is 1. The quantitative estimate of drug-likeness (QED) is 0.739. The van der Waals surface area contributed by atoms with E-state index in [1.165, 1.54) is 12.0 Å². The predicted molar refractivity (Wildman–Crippen MR) is 87.4 cm³/mol. The summed E-state index contributed by atoms with van der Waals surface area (Å²) < 4.78 is 11.0. The zero-order chi connectivity index (χ0) is 14.9. The van der Waals surface area contributed by atoms with Crippen molar-refractivity contribution in [2.75, 3.05) is 25.6 Å². The van der Waals surface area contributed by atoms with Crippen molar-refractivity contribution in [3.8, 4) is 11.5 Å². The molecule has 0 spiro atoms. The van der Waals surface area contributed by atoms with Crippen LogP contribution in [0.1, 0.15) is 18.9 Å². The Hall–Kier alpha value is -2.16. The highest BCUT2D eigenvalue weighted by Gasteiger charge is 2.01. The van der Waals surface area contributed by atoms with Gasteiger partial charge in [-0.15, -0.1) is 0 Å². The van der Waals surface area contributed by atoms with E-state index in [1.54, 1.807) is 7.11 Å². The third-order valence-electron chi connectivity index (χ3n) is 3.25. The van der Waals surface area contributed by atoms with Crippen molar-refractivity contribution in [1.29, 1.82) is 0 Å². The zero-order valence-electron chi connectivity index (χ0n) is 12.8. The molecule has 0 atom stereocenters.